The Labute approximate surface area is 136 Å². The van der Waals surface area contributed by atoms with Crippen molar-refractivity contribution in [3.63, 3.8) is 0 Å². The monoisotopic (exact) mass is 310 g/mol. The van der Waals surface area contributed by atoms with Gasteiger partial charge in [-0.05, 0) is 64.9 Å². The lowest BCUT2D eigenvalue weighted by molar-refractivity contribution is -0.141. The molecule has 2 unspecified atom stereocenters. The molecule has 0 amide bonds. The summed E-state index contributed by atoms with van der Waals surface area (Å²) in [4.78, 5) is 11.5. The highest BCUT2D eigenvalue weighted by atomic mass is 16.5. The molecule has 0 aliphatic rings. The zero-order valence-corrected chi connectivity index (χ0v) is 15.6. The highest BCUT2D eigenvalue weighted by Gasteiger charge is 2.26. The molecule has 0 aliphatic carbocycles. The second-order valence-electron chi connectivity index (χ2n) is 7.06. The van der Waals surface area contributed by atoms with Crippen LogP contribution in [0.4, 0.5) is 0 Å². The smallest absolute Gasteiger partial charge is 0.331 e. The van der Waals surface area contributed by atoms with E-state index < -0.39 is 0 Å². The Hall–Kier alpha value is -1.09. The number of carbonyl (C=O) groups excluding carboxylic acids is 1. The summed E-state index contributed by atoms with van der Waals surface area (Å²) in [5.41, 5.74) is 0.831. The summed E-state index contributed by atoms with van der Waals surface area (Å²) in [5.74, 6) is 0.801. The maximum atomic E-state index is 11.5. The van der Waals surface area contributed by atoms with Crippen LogP contribution < -0.4 is 0 Å². The first-order chi connectivity index (χ1) is 10.1. The molecule has 0 aromatic heterocycles. The zero-order valence-electron chi connectivity index (χ0n) is 15.6. The quantitative estimate of drug-likeness (QED) is 0.344. The molecule has 0 rings (SSSR count). The zero-order chi connectivity index (χ0) is 17.3. The second-order valence-corrected chi connectivity index (χ2v) is 7.06. The molecule has 0 bridgehead atoms. The predicted octanol–water partition coefficient (Wildman–Crippen LogP) is 4.92. The molecule has 0 heterocycles. The largest absolute Gasteiger partial charge is 0.460 e. The van der Waals surface area contributed by atoms with Crippen molar-refractivity contribution < 1.29 is 14.3 Å². The molecule has 0 aliphatic heterocycles. The summed E-state index contributed by atoms with van der Waals surface area (Å²) in [6.07, 6.45) is 7.69. The van der Waals surface area contributed by atoms with Crippen LogP contribution in [0.15, 0.2) is 23.8 Å². The average Bonchev–Trinajstić information content (AvgIpc) is 2.37. The molecule has 0 aromatic rings. The number of rotatable bonds is 9. The molecular weight excluding hydrogens is 276 g/mol. The summed E-state index contributed by atoms with van der Waals surface area (Å²) in [5, 5.41) is 0. The third-order valence-corrected chi connectivity index (χ3v) is 4.09. The first-order valence-corrected chi connectivity index (χ1v) is 8.19. The van der Waals surface area contributed by atoms with Crippen molar-refractivity contribution in [1.82, 2.24) is 0 Å². The van der Waals surface area contributed by atoms with E-state index >= 15 is 0 Å². The van der Waals surface area contributed by atoms with E-state index in [4.69, 9.17) is 9.47 Å². The summed E-state index contributed by atoms with van der Waals surface area (Å²) in [6.45, 7) is 14.4. The van der Waals surface area contributed by atoms with Crippen molar-refractivity contribution >= 4 is 5.97 Å². The van der Waals surface area contributed by atoms with Crippen LogP contribution in [0.5, 0.6) is 0 Å². The average molecular weight is 310 g/mol. The molecule has 22 heavy (non-hydrogen) atoms. The van der Waals surface area contributed by atoms with Crippen LogP contribution in [0.25, 0.3) is 0 Å². The van der Waals surface area contributed by atoms with Gasteiger partial charge in [-0.3, -0.25) is 0 Å². The van der Waals surface area contributed by atoms with E-state index in [1.807, 2.05) is 26.8 Å². The Morgan fingerprint density at radius 1 is 1.18 bits per heavy atom. The van der Waals surface area contributed by atoms with Crippen LogP contribution in [0.1, 0.15) is 61.3 Å². The summed E-state index contributed by atoms with van der Waals surface area (Å²) in [6, 6.07) is 0. The van der Waals surface area contributed by atoms with Crippen LogP contribution in [0, 0.1) is 11.8 Å². The van der Waals surface area contributed by atoms with Crippen LogP contribution in [-0.2, 0) is 14.3 Å². The Morgan fingerprint density at radius 3 is 2.27 bits per heavy atom. The molecule has 0 radical (unpaired) electrons. The Bertz CT molecular complexity index is 391. The van der Waals surface area contributed by atoms with Crippen LogP contribution in [0.3, 0.4) is 0 Å². The maximum absolute atomic E-state index is 11.5. The fourth-order valence-corrected chi connectivity index (χ4v) is 2.17. The van der Waals surface area contributed by atoms with Gasteiger partial charge in [-0.25, -0.2) is 4.79 Å². The molecule has 2 atom stereocenters. The van der Waals surface area contributed by atoms with Gasteiger partial charge in [0, 0.05) is 13.2 Å². The highest BCUT2D eigenvalue weighted by Crippen LogP contribution is 2.27. The number of carbonyl (C=O) groups is 1. The van der Waals surface area contributed by atoms with Gasteiger partial charge in [0.25, 0.3) is 0 Å². The first kappa shape index (κ1) is 20.9. The lowest BCUT2D eigenvalue weighted by atomic mass is 9.84. The molecule has 128 valence electrons. The normalized spacial score (nSPS) is 16.1. The van der Waals surface area contributed by atoms with E-state index in [2.05, 4.69) is 33.8 Å². The number of allylic oxidation sites excluding steroid dienone is 3. The van der Waals surface area contributed by atoms with Crippen LogP contribution >= 0.6 is 0 Å². The second kappa shape index (κ2) is 9.83. The molecule has 0 aromatic carbocycles. The van der Waals surface area contributed by atoms with Gasteiger partial charge in [-0.15, -0.1) is 0 Å². The van der Waals surface area contributed by atoms with Crippen LogP contribution in [0.2, 0.25) is 0 Å². The number of hydrogen-bond donors (Lipinski definition) is 0. The van der Waals surface area contributed by atoms with Gasteiger partial charge in [0.15, 0.2) is 0 Å². The van der Waals surface area contributed by atoms with E-state index in [9.17, 15) is 4.79 Å². The molecule has 3 nitrogen and oxygen atoms in total. The van der Waals surface area contributed by atoms with Gasteiger partial charge >= 0.3 is 5.97 Å². The first-order valence-electron chi connectivity index (χ1n) is 8.19. The van der Waals surface area contributed by atoms with E-state index in [1.54, 1.807) is 7.11 Å². The minimum atomic E-state index is -0.277. The van der Waals surface area contributed by atoms with E-state index in [-0.39, 0.29) is 17.7 Å². The molecular formula is C19H34O3. The van der Waals surface area contributed by atoms with E-state index in [1.165, 1.54) is 6.08 Å². The minimum Gasteiger partial charge on any atom is -0.460 e. The van der Waals surface area contributed by atoms with Crippen molar-refractivity contribution in [3.8, 4) is 0 Å². The number of ether oxygens (including phenoxy) is 2. The van der Waals surface area contributed by atoms with Gasteiger partial charge in [0.05, 0.1) is 11.7 Å². The van der Waals surface area contributed by atoms with Gasteiger partial charge < -0.3 is 9.47 Å². The molecule has 0 N–H and O–H groups in total. The topological polar surface area (TPSA) is 35.5 Å². The highest BCUT2D eigenvalue weighted by molar-refractivity contribution is 5.83. The number of esters is 1. The summed E-state index contributed by atoms with van der Waals surface area (Å²) < 4.78 is 10.6. The lowest BCUT2D eigenvalue weighted by Gasteiger charge is -2.32. The Morgan fingerprint density at radius 2 is 1.77 bits per heavy atom. The van der Waals surface area contributed by atoms with E-state index in [0.29, 0.717) is 11.8 Å². The van der Waals surface area contributed by atoms with Gasteiger partial charge in [-0.2, -0.15) is 0 Å². The third kappa shape index (κ3) is 9.04. The lowest BCUT2D eigenvalue weighted by Crippen LogP contribution is -2.32. The van der Waals surface area contributed by atoms with Crippen LogP contribution in [-0.4, -0.2) is 24.8 Å². The van der Waals surface area contributed by atoms with Gasteiger partial charge in [-0.1, -0.05) is 26.0 Å². The van der Waals surface area contributed by atoms with Crippen molar-refractivity contribution in [2.45, 2.75) is 73.0 Å². The third-order valence-electron chi connectivity index (χ3n) is 4.09. The molecule has 0 saturated carbocycles. The fraction of sp³-hybridized carbons (Fsp3) is 0.737. The molecule has 0 saturated heterocycles. The van der Waals surface area contributed by atoms with Crippen molar-refractivity contribution in [2.75, 3.05) is 7.11 Å². The van der Waals surface area contributed by atoms with E-state index in [0.717, 1.165) is 18.4 Å². The van der Waals surface area contributed by atoms with Crippen molar-refractivity contribution in [3.05, 3.63) is 23.8 Å². The van der Waals surface area contributed by atoms with Gasteiger partial charge in [0.2, 0.25) is 0 Å². The summed E-state index contributed by atoms with van der Waals surface area (Å²) >= 11 is 0. The SMILES string of the molecule is COC(C)(C)C(C)CC(C)CC=CC(C)=CC(=O)OC(C)C. The molecule has 0 fully saturated rings. The Kier molecular flexibility index (Phi) is 9.34. The minimum absolute atomic E-state index is 0.0776. The summed E-state index contributed by atoms with van der Waals surface area (Å²) in [7, 11) is 1.77. The van der Waals surface area contributed by atoms with Crippen molar-refractivity contribution in [1.29, 1.82) is 0 Å². The maximum Gasteiger partial charge on any atom is 0.331 e. The molecule has 3 heteroatoms. The fourth-order valence-electron chi connectivity index (χ4n) is 2.17. The number of hydrogen-bond acceptors (Lipinski definition) is 3. The van der Waals surface area contributed by atoms with Gasteiger partial charge in [0.1, 0.15) is 0 Å². The molecule has 0 spiro atoms. The Balaban J connectivity index is 4.31. The predicted molar refractivity (Wildman–Crippen MR) is 92.8 cm³/mol. The van der Waals surface area contributed by atoms with Crippen molar-refractivity contribution in [2.24, 2.45) is 11.8 Å². The number of methoxy groups -OCH3 is 1. The standard InChI is InChI=1S/C19H34O3/c1-14(2)22-18(20)13-16(4)11-9-10-15(3)12-17(5)19(6,7)21-8/h9,11,13-15,17H,10,12H2,1-8H3.